The lowest BCUT2D eigenvalue weighted by Gasteiger charge is -2.08. The van der Waals surface area contributed by atoms with Crippen LogP contribution in [0, 0.1) is 5.92 Å². The van der Waals surface area contributed by atoms with Gasteiger partial charge in [-0.15, -0.1) is 12.4 Å². The van der Waals surface area contributed by atoms with Crippen LogP contribution in [0.2, 0.25) is 0 Å². The maximum absolute atomic E-state index is 5.43. The average molecular weight is 270 g/mol. The van der Waals surface area contributed by atoms with E-state index < -0.39 is 0 Å². The fraction of sp³-hybridized carbons (Fsp3) is 0.467. The second kappa shape index (κ2) is 9.98. The minimum absolute atomic E-state index is 0. The summed E-state index contributed by atoms with van der Waals surface area (Å²) < 4.78 is 5.43. The standard InChI is InChI=1S/C15H23NO.ClH/c1-4-11-17-15-7-5-14(6-8-15)12-16-10-9-13(2)3;/h4-8,13,16H,1,9-12H2,2-3H3;1H. The van der Waals surface area contributed by atoms with E-state index in [1.807, 2.05) is 12.1 Å². The van der Waals surface area contributed by atoms with E-state index in [4.69, 9.17) is 4.74 Å². The molecule has 18 heavy (non-hydrogen) atoms. The van der Waals surface area contributed by atoms with Crippen LogP contribution in [0.3, 0.4) is 0 Å². The topological polar surface area (TPSA) is 21.3 Å². The van der Waals surface area contributed by atoms with Crippen LogP contribution in [0.1, 0.15) is 25.8 Å². The van der Waals surface area contributed by atoms with Crippen molar-refractivity contribution >= 4 is 12.4 Å². The van der Waals surface area contributed by atoms with E-state index in [-0.39, 0.29) is 12.4 Å². The Morgan fingerprint density at radius 1 is 1.28 bits per heavy atom. The van der Waals surface area contributed by atoms with E-state index in [2.05, 4.69) is 37.9 Å². The highest BCUT2D eigenvalue weighted by molar-refractivity contribution is 5.85. The smallest absolute Gasteiger partial charge is 0.119 e. The Morgan fingerprint density at radius 3 is 2.50 bits per heavy atom. The predicted molar refractivity (Wildman–Crippen MR) is 80.5 cm³/mol. The highest BCUT2D eigenvalue weighted by Gasteiger charge is 1.96. The molecule has 1 N–H and O–H groups in total. The van der Waals surface area contributed by atoms with Crippen LogP contribution in [0.5, 0.6) is 5.75 Å². The normalized spacial score (nSPS) is 9.94. The SMILES string of the molecule is C=CCOc1ccc(CNCCC(C)C)cc1.Cl. The maximum Gasteiger partial charge on any atom is 0.119 e. The summed E-state index contributed by atoms with van der Waals surface area (Å²) in [5.41, 5.74) is 1.29. The second-order valence-corrected chi connectivity index (χ2v) is 4.60. The molecule has 0 aliphatic carbocycles. The molecule has 0 amide bonds. The van der Waals surface area contributed by atoms with Crippen LogP contribution >= 0.6 is 12.4 Å². The molecular formula is C15H24ClNO. The fourth-order valence-corrected chi connectivity index (χ4v) is 1.48. The van der Waals surface area contributed by atoms with Crippen LogP contribution in [0.25, 0.3) is 0 Å². The predicted octanol–water partition coefficient (Wildman–Crippen LogP) is 3.81. The number of hydrogen-bond donors (Lipinski definition) is 1. The van der Waals surface area contributed by atoms with Crippen molar-refractivity contribution in [1.29, 1.82) is 0 Å². The van der Waals surface area contributed by atoms with Crippen LogP contribution in [-0.2, 0) is 6.54 Å². The highest BCUT2D eigenvalue weighted by atomic mass is 35.5. The molecule has 1 rings (SSSR count). The molecule has 0 unspecified atom stereocenters. The van der Waals surface area contributed by atoms with Gasteiger partial charge in [-0.3, -0.25) is 0 Å². The van der Waals surface area contributed by atoms with Gasteiger partial charge in [0.1, 0.15) is 12.4 Å². The van der Waals surface area contributed by atoms with E-state index in [9.17, 15) is 0 Å². The number of benzene rings is 1. The minimum Gasteiger partial charge on any atom is -0.490 e. The number of ether oxygens (including phenoxy) is 1. The van der Waals surface area contributed by atoms with E-state index in [1.165, 1.54) is 12.0 Å². The van der Waals surface area contributed by atoms with Crippen molar-refractivity contribution in [3.63, 3.8) is 0 Å². The molecule has 0 bridgehead atoms. The van der Waals surface area contributed by atoms with Gasteiger partial charge in [0, 0.05) is 6.54 Å². The number of hydrogen-bond acceptors (Lipinski definition) is 2. The molecule has 0 atom stereocenters. The zero-order chi connectivity index (χ0) is 12.5. The Hall–Kier alpha value is -0.990. The van der Waals surface area contributed by atoms with E-state index in [0.717, 1.165) is 24.8 Å². The summed E-state index contributed by atoms with van der Waals surface area (Å²) in [5.74, 6) is 1.66. The molecule has 0 saturated carbocycles. The van der Waals surface area contributed by atoms with Crippen LogP contribution in [-0.4, -0.2) is 13.2 Å². The maximum atomic E-state index is 5.43. The first-order valence-electron chi connectivity index (χ1n) is 6.25. The molecule has 0 radical (unpaired) electrons. The zero-order valence-corrected chi connectivity index (χ0v) is 12.1. The molecule has 0 aliphatic heterocycles. The third-order valence-corrected chi connectivity index (χ3v) is 2.52. The van der Waals surface area contributed by atoms with E-state index in [0.29, 0.717) is 6.61 Å². The lowest BCUT2D eigenvalue weighted by molar-refractivity contribution is 0.363. The third kappa shape index (κ3) is 7.36. The molecule has 2 nitrogen and oxygen atoms in total. The molecule has 0 heterocycles. The minimum atomic E-state index is 0. The molecule has 1 aromatic rings. The summed E-state index contributed by atoms with van der Waals surface area (Å²) in [6, 6.07) is 8.20. The Balaban J connectivity index is 0.00000289. The lowest BCUT2D eigenvalue weighted by Crippen LogP contribution is -2.16. The fourth-order valence-electron chi connectivity index (χ4n) is 1.48. The number of rotatable bonds is 8. The lowest BCUT2D eigenvalue weighted by atomic mass is 10.1. The molecule has 0 aliphatic rings. The first-order valence-corrected chi connectivity index (χ1v) is 6.25. The van der Waals surface area contributed by atoms with Crippen molar-refractivity contribution in [2.24, 2.45) is 5.92 Å². The Bertz CT molecular complexity index is 322. The van der Waals surface area contributed by atoms with Crippen molar-refractivity contribution < 1.29 is 4.74 Å². The van der Waals surface area contributed by atoms with Gasteiger partial charge >= 0.3 is 0 Å². The Kier molecular flexibility index (Phi) is 9.43. The van der Waals surface area contributed by atoms with E-state index in [1.54, 1.807) is 6.08 Å². The summed E-state index contributed by atoms with van der Waals surface area (Å²) in [6.45, 7) is 10.7. The van der Waals surface area contributed by atoms with Crippen LogP contribution in [0.4, 0.5) is 0 Å². The van der Waals surface area contributed by atoms with Crippen molar-refractivity contribution in [3.8, 4) is 5.75 Å². The van der Waals surface area contributed by atoms with Gasteiger partial charge < -0.3 is 10.1 Å². The molecule has 1 aromatic carbocycles. The van der Waals surface area contributed by atoms with Crippen LogP contribution < -0.4 is 10.1 Å². The summed E-state index contributed by atoms with van der Waals surface area (Å²) in [7, 11) is 0. The molecule has 0 aromatic heterocycles. The van der Waals surface area contributed by atoms with Gasteiger partial charge in [0.2, 0.25) is 0 Å². The van der Waals surface area contributed by atoms with Gasteiger partial charge in [0.15, 0.2) is 0 Å². The van der Waals surface area contributed by atoms with Crippen molar-refractivity contribution in [2.45, 2.75) is 26.8 Å². The Labute approximate surface area is 117 Å². The molecule has 102 valence electrons. The van der Waals surface area contributed by atoms with Gasteiger partial charge in [-0.25, -0.2) is 0 Å². The van der Waals surface area contributed by atoms with Crippen LogP contribution in [0.15, 0.2) is 36.9 Å². The third-order valence-electron chi connectivity index (χ3n) is 2.52. The summed E-state index contributed by atoms with van der Waals surface area (Å²) in [6.07, 6.45) is 2.97. The van der Waals surface area contributed by atoms with Gasteiger partial charge in [0.25, 0.3) is 0 Å². The largest absolute Gasteiger partial charge is 0.490 e. The molecular weight excluding hydrogens is 246 g/mol. The zero-order valence-electron chi connectivity index (χ0n) is 11.3. The number of halogens is 1. The second-order valence-electron chi connectivity index (χ2n) is 4.60. The summed E-state index contributed by atoms with van der Waals surface area (Å²) >= 11 is 0. The van der Waals surface area contributed by atoms with Crippen molar-refractivity contribution in [2.75, 3.05) is 13.2 Å². The molecule has 3 heteroatoms. The van der Waals surface area contributed by atoms with Gasteiger partial charge in [-0.05, 0) is 36.6 Å². The van der Waals surface area contributed by atoms with Gasteiger partial charge in [-0.1, -0.05) is 38.6 Å². The monoisotopic (exact) mass is 269 g/mol. The van der Waals surface area contributed by atoms with E-state index >= 15 is 0 Å². The number of nitrogens with one attached hydrogen (secondary N) is 1. The quantitative estimate of drug-likeness (QED) is 0.572. The highest BCUT2D eigenvalue weighted by Crippen LogP contribution is 2.12. The molecule has 0 fully saturated rings. The molecule has 0 saturated heterocycles. The Morgan fingerprint density at radius 2 is 1.94 bits per heavy atom. The summed E-state index contributed by atoms with van der Waals surface area (Å²) in [5, 5.41) is 3.44. The van der Waals surface area contributed by atoms with Gasteiger partial charge in [0.05, 0.1) is 0 Å². The van der Waals surface area contributed by atoms with Crippen molar-refractivity contribution in [1.82, 2.24) is 5.32 Å². The first kappa shape index (κ1) is 17.0. The van der Waals surface area contributed by atoms with Crippen molar-refractivity contribution in [3.05, 3.63) is 42.5 Å². The molecule has 0 spiro atoms. The first-order chi connectivity index (χ1) is 8.22. The summed E-state index contributed by atoms with van der Waals surface area (Å²) in [4.78, 5) is 0. The average Bonchev–Trinajstić information content (AvgIpc) is 2.33. The van der Waals surface area contributed by atoms with Gasteiger partial charge in [-0.2, -0.15) is 0 Å².